The standard InChI is InChI=1S/C10H23NO/c1-4-5-6-7-9-12-10-8-11(2)3/h4-10H2,1-3H3. The molecule has 0 N–H and O–H groups in total. The second kappa shape index (κ2) is 9.01. The maximum absolute atomic E-state index is 5.45. The van der Waals surface area contributed by atoms with Crippen molar-refractivity contribution in [2.24, 2.45) is 0 Å². The van der Waals surface area contributed by atoms with Crippen LogP contribution in [0, 0.1) is 0 Å². The zero-order valence-corrected chi connectivity index (χ0v) is 8.81. The highest BCUT2D eigenvalue weighted by Crippen LogP contribution is 1.98. The van der Waals surface area contributed by atoms with E-state index in [1.807, 2.05) is 0 Å². The molecule has 0 aliphatic heterocycles. The first-order valence-corrected chi connectivity index (χ1v) is 5.00. The minimum atomic E-state index is 0.874. The molecule has 0 aliphatic carbocycles. The summed E-state index contributed by atoms with van der Waals surface area (Å²) >= 11 is 0. The number of unbranched alkanes of at least 4 members (excludes halogenated alkanes) is 3. The molecule has 0 bridgehead atoms. The van der Waals surface area contributed by atoms with Gasteiger partial charge in [-0.15, -0.1) is 0 Å². The van der Waals surface area contributed by atoms with Gasteiger partial charge in [0.25, 0.3) is 0 Å². The Hall–Kier alpha value is -0.0800. The Morgan fingerprint density at radius 3 is 2.33 bits per heavy atom. The van der Waals surface area contributed by atoms with E-state index in [0.717, 1.165) is 19.8 Å². The van der Waals surface area contributed by atoms with Gasteiger partial charge in [-0.1, -0.05) is 26.2 Å². The third-order valence-electron chi connectivity index (χ3n) is 1.83. The summed E-state index contributed by atoms with van der Waals surface area (Å²) in [7, 11) is 4.14. The lowest BCUT2D eigenvalue weighted by Crippen LogP contribution is -2.18. The molecular formula is C10H23NO. The monoisotopic (exact) mass is 173 g/mol. The zero-order valence-electron chi connectivity index (χ0n) is 8.81. The van der Waals surface area contributed by atoms with Crippen LogP contribution >= 0.6 is 0 Å². The van der Waals surface area contributed by atoms with Gasteiger partial charge >= 0.3 is 0 Å². The van der Waals surface area contributed by atoms with Crippen LogP contribution in [-0.2, 0) is 4.74 Å². The molecule has 0 amide bonds. The van der Waals surface area contributed by atoms with E-state index in [2.05, 4.69) is 25.9 Å². The van der Waals surface area contributed by atoms with Gasteiger partial charge in [0.15, 0.2) is 0 Å². The van der Waals surface area contributed by atoms with Crippen LogP contribution < -0.4 is 0 Å². The van der Waals surface area contributed by atoms with Crippen LogP contribution in [0.15, 0.2) is 0 Å². The summed E-state index contributed by atoms with van der Waals surface area (Å²) in [6.45, 7) is 5.08. The van der Waals surface area contributed by atoms with E-state index in [-0.39, 0.29) is 0 Å². The number of nitrogens with zero attached hydrogens (tertiary/aromatic N) is 1. The molecule has 0 spiro atoms. The molecule has 0 rings (SSSR count). The fourth-order valence-electron chi connectivity index (χ4n) is 0.980. The van der Waals surface area contributed by atoms with E-state index in [0.29, 0.717) is 0 Å². The molecule has 2 nitrogen and oxygen atoms in total. The highest BCUT2D eigenvalue weighted by atomic mass is 16.5. The quantitative estimate of drug-likeness (QED) is 0.521. The van der Waals surface area contributed by atoms with Crippen molar-refractivity contribution in [3.63, 3.8) is 0 Å². The molecule has 2 heteroatoms. The van der Waals surface area contributed by atoms with Gasteiger partial charge in [-0.2, -0.15) is 0 Å². The summed E-state index contributed by atoms with van der Waals surface area (Å²) in [6, 6.07) is 0. The minimum Gasteiger partial charge on any atom is -0.380 e. The Morgan fingerprint density at radius 1 is 1.00 bits per heavy atom. The topological polar surface area (TPSA) is 12.5 Å². The van der Waals surface area contributed by atoms with Crippen LogP contribution in [0.4, 0.5) is 0 Å². The molecule has 0 atom stereocenters. The van der Waals surface area contributed by atoms with E-state index in [1.165, 1.54) is 25.7 Å². The smallest absolute Gasteiger partial charge is 0.0593 e. The molecule has 0 saturated heterocycles. The van der Waals surface area contributed by atoms with Crippen molar-refractivity contribution < 1.29 is 4.74 Å². The van der Waals surface area contributed by atoms with E-state index >= 15 is 0 Å². The fraction of sp³-hybridized carbons (Fsp3) is 1.00. The first kappa shape index (κ1) is 11.9. The maximum atomic E-state index is 5.45. The first-order valence-electron chi connectivity index (χ1n) is 5.00. The van der Waals surface area contributed by atoms with Crippen LogP contribution in [0.25, 0.3) is 0 Å². The molecule has 0 aromatic carbocycles. The molecule has 0 aliphatic rings. The van der Waals surface area contributed by atoms with Gasteiger partial charge in [-0.05, 0) is 20.5 Å². The molecule has 0 radical (unpaired) electrons. The first-order chi connectivity index (χ1) is 5.77. The predicted octanol–water partition coefficient (Wildman–Crippen LogP) is 2.14. The molecule has 0 saturated carbocycles. The Morgan fingerprint density at radius 2 is 1.75 bits per heavy atom. The minimum absolute atomic E-state index is 0.874. The van der Waals surface area contributed by atoms with Gasteiger partial charge < -0.3 is 9.64 Å². The number of hydrogen-bond donors (Lipinski definition) is 0. The van der Waals surface area contributed by atoms with Crippen LogP contribution in [0.3, 0.4) is 0 Å². The molecule has 0 unspecified atom stereocenters. The molecule has 12 heavy (non-hydrogen) atoms. The molecule has 74 valence electrons. The summed E-state index contributed by atoms with van der Waals surface area (Å²) in [5.74, 6) is 0. The van der Waals surface area contributed by atoms with Gasteiger partial charge in [0.05, 0.1) is 6.61 Å². The lowest BCUT2D eigenvalue weighted by molar-refractivity contribution is 0.114. The number of ether oxygens (including phenoxy) is 1. The molecule has 0 aromatic heterocycles. The molecule has 0 aromatic rings. The Balaban J connectivity index is 2.82. The zero-order chi connectivity index (χ0) is 9.23. The van der Waals surface area contributed by atoms with Crippen molar-refractivity contribution in [3.05, 3.63) is 0 Å². The molecular weight excluding hydrogens is 150 g/mol. The highest BCUT2D eigenvalue weighted by Gasteiger charge is 1.91. The summed E-state index contributed by atoms with van der Waals surface area (Å²) in [4.78, 5) is 2.14. The van der Waals surface area contributed by atoms with Gasteiger partial charge in [0.2, 0.25) is 0 Å². The number of likely N-dealkylation sites (N-methyl/N-ethyl adjacent to an activating group) is 1. The lowest BCUT2D eigenvalue weighted by Gasteiger charge is -2.09. The highest BCUT2D eigenvalue weighted by molar-refractivity contribution is 4.42. The lowest BCUT2D eigenvalue weighted by atomic mass is 10.2. The van der Waals surface area contributed by atoms with Crippen molar-refractivity contribution in [1.29, 1.82) is 0 Å². The largest absolute Gasteiger partial charge is 0.380 e. The molecule has 0 heterocycles. The van der Waals surface area contributed by atoms with Crippen molar-refractivity contribution in [1.82, 2.24) is 4.90 Å². The van der Waals surface area contributed by atoms with E-state index in [1.54, 1.807) is 0 Å². The van der Waals surface area contributed by atoms with E-state index in [9.17, 15) is 0 Å². The molecule has 0 fully saturated rings. The maximum Gasteiger partial charge on any atom is 0.0593 e. The number of rotatable bonds is 8. The predicted molar refractivity (Wildman–Crippen MR) is 53.5 cm³/mol. The average molecular weight is 173 g/mol. The summed E-state index contributed by atoms with van der Waals surface area (Å²) < 4.78 is 5.45. The van der Waals surface area contributed by atoms with Crippen LogP contribution in [0.1, 0.15) is 32.6 Å². The normalized spacial score (nSPS) is 11.0. The van der Waals surface area contributed by atoms with Crippen molar-refractivity contribution in [3.8, 4) is 0 Å². The second-order valence-corrected chi connectivity index (χ2v) is 3.48. The fourth-order valence-corrected chi connectivity index (χ4v) is 0.980. The van der Waals surface area contributed by atoms with Gasteiger partial charge in [0.1, 0.15) is 0 Å². The number of hydrogen-bond acceptors (Lipinski definition) is 2. The van der Waals surface area contributed by atoms with Gasteiger partial charge in [-0.3, -0.25) is 0 Å². The second-order valence-electron chi connectivity index (χ2n) is 3.48. The summed E-state index contributed by atoms with van der Waals surface area (Å²) in [6.07, 6.45) is 5.19. The third-order valence-corrected chi connectivity index (χ3v) is 1.83. The van der Waals surface area contributed by atoms with Crippen molar-refractivity contribution in [2.75, 3.05) is 33.9 Å². The van der Waals surface area contributed by atoms with Gasteiger partial charge in [0, 0.05) is 13.2 Å². The van der Waals surface area contributed by atoms with Gasteiger partial charge in [-0.25, -0.2) is 0 Å². The van der Waals surface area contributed by atoms with Crippen LogP contribution in [0.5, 0.6) is 0 Å². The Kier molecular flexibility index (Phi) is 8.95. The SMILES string of the molecule is CCCCCCOCCN(C)C. The van der Waals surface area contributed by atoms with E-state index in [4.69, 9.17) is 4.74 Å². The van der Waals surface area contributed by atoms with Crippen molar-refractivity contribution >= 4 is 0 Å². The van der Waals surface area contributed by atoms with Crippen LogP contribution in [-0.4, -0.2) is 38.8 Å². The van der Waals surface area contributed by atoms with E-state index < -0.39 is 0 Å². The van der Waals surface area contributed by atoms with Crippen molar-refractivity contribution in [2.45, 2.75) is 32.6 Å². The average Bonchev–Trinajstić information content (AvgIpc) is 2.02. The summed E-state index contributed by atoms with van der Waals surface area (Å²) in [5.41, 5.74) is 0. The Bertz CT molecular complexity index is 83.9. The van der Waals surface area contributed by atoms with Crippen LogP contribution in [0.2, 0.25) is 0 Å². The summed E-state index contributed by atoms with van der Waals surface area (Å²) in [5, 5.41) is 0. The third kappa shape index (κ3) is 9.92. The Labute approximate surface area is 76.9 Å².